The Bertz CT molecular complexity index is 654. The molecule has 2 rings (SSSR count). The summed E-state index contributed by atoms with van der Waals surface area (Å²) in [6.07, 6.45) is 0. The second-order valence-electron chi connectivity index (χ2n) is 3.72. The molecule has 0 atom stereocenters. The number of benzene rings is 1. The first-order chi connectivity index (χ1) is 9.79. The maximum absolute atomic E-state index is 11.0. The number of halogens is 6. The Hall–Kier alpha value is -2.11. The average molecular weight is 349 g/mol. The number of alkyl halides is 6. The number of imide groups is 1. The molecule has 0 saturated heterocycles. The molecule has 0 aliphatic carbocycles. The number of amides is 2. The highest BCUT2D eigenvalue weighted by atomic mass is 32.2. The fourth-order valence-corrected chi connectivity index (χ4v) is 1.51. The van der Waals surface area contributed by atoms with E-state index in [0.717, 1.165) is 0 Å². The SMILES string of the molecule is O=C1NC(=O)c2ccccc21.O=S(=O)(C(F)(F)F)C(F)(F)F. The second-order valence-corrected chi connectivity index (χ2v) is 5.66. The van der Waals surface area contributed by atoms with E-state index in [2.05, 4.69) is 5.32 Å². The van der Waals surface area contributed by atoms with Crippen molar-refractivity contribution in [2.75, 3.05) is 0 Å². The van der Waals surface area contributed by atoms with Crippen LogP contribution < -0.4 is 5.32 Å². The van der Waals surface area contributed by atoms with Gasteiger partial charge in [-0.05, 0) is 12.1 Å². The van der Waals surface area contributed by atoms with Crippen LogP contribution in [0.5, 0.6) is 0 Å². The van der Waals surface area contributed by atoms with Crippen molar-refractivity contribution in [3.8, 4) is 0 Å². The van der Waals surface area contributed by atoms with Crippen LogP contribution in [0.1, 0.15) is 20.7 Å². The summed E-state index contributed by atoms with van der Waals surface area (Å²) >= 11 is 0. The van der Waals surface area contributed by atoms with Gasteiger partial charge in [0.2, 0.25) is 0 Å². The molecule has 0 spiro atoms. The first kappa shape index (κ1) is 17.9. The van der Waals surface area contributed by atoms with Crippen molar-refractivity contribution in [2.45, 2.75) is 11.0 Å². The molecule has 1 aliphatic rings. The van der Waals surface area contributed by atoms with E-state index in [1.54, 1.807) is 24.3 Å². The van der Waals surface area contributed by atoms with Crippen LogP contribution in [0.25, 0.3) is 0 Å². The van der Waals surface area contributed by atoms with Crippen LogP contribution >= 0.6 is 0 Å². The molecule has 22 heavy (non-hydrogen) atoms. The number of rotatable bonds is 0. The molecule has 1 aromatic carbocycles. The molecule has 0 bridgehead atoms. The van der Waals surface area contributed by atoms with Crippen molar-refractivity contribution in [1.29, 1.82) is 0 Å². The summed E-state index contributed by atoms with van der Waals surface area (Å²) < 4.78 is 85.0. The van der Waals surface area contributed by atoms with Gasteiger partial charge in [-0.2, -0.15) is 26.3 Å². The van der Waals surface area contributed by atoms with Crippen LogP contribution in [-0.2, 0) is 9.84 Å². The van der Waals surface area contributed by atoms with Crippen LogP contribution in [0.15, 0.2) is 24.3 Å². The summed E-state index contributed by atoms with van der Waals surface area (Å²) in [7, 11) is -7.01. The zero-order valence-electron chi connectivity index (χ0n) is 10.1. The van der Waals surface area contributed by atoms with E-state index in [0.29, 0.717) is 11.1 Å². The van der Waals surface area contributed by atoms with E-state index in [4.69, 9.17) is 0 Å². The van der Waals surface area contributed by atoms with Gasteiger partial charge in [0, 0.05) is 0 Å². The quantitative estimate of drug-likeness (QED) is 0.574. The molecule has 1 N–H and O–H groups in total. The fraction of sp³-hybridized carbons (Fsp3) is 0.200. The molecular weight excluding hydrogens is 344 g/mol. The van der Waals surface area contributed by atoms with Gasteiger partial charge in [0.25, 0.3) is 11.8 Å². The van der Waals surface area contributed by atoms with Crippen LogP contribution in [-0.4, -0.2) is 31.2 Å². The predicted octanol–water partition coefficient (Wildman–Crippen LogP) is 2.01. The maximum atomic E-state index is 11.0. The molecule has 2 amide bonds. The largest absolute Gasteiger partial charge is 0.506 e. The van der Waals surface area contributed by atoms with Crippen molar-refractivity contribution in [3.05, 3.63) is 35.4 Å². The topological polar surface area (TPSA) is 80.3 Å². The predicted molar refractivity (Wildman–Crippen MR) is 59.3 cm³/mol. The molecule has 122 valence electrons. The molecule has 1 heterocycles. The normalized spacial score (nSPS) is 14.8. The van der Waals surface area contributed by atoms with Crippen molar-refractivity contribution in [1.82, 2.24) is 5.32 Å². The lowest BCUT2D eigenvalue weighted by atomic mass is 10.1. The Morgan fingerprint density at radius 1 is 0.773 bits per heavy atom. The smallest absolute Gasteiger partial charge is 0.288 e. The lowest BCUT2D eigenvalue weighted by molar-refractivity contribution is -0.0881. The number of fused-ring (bicyclic) bond motifs is 1. The summed E-state index contributed by atoms with van der Waals surface area (Å²) in [5.74, 6) is -0.601. The van der Waals surface area contributed by atoms with Gasteiger partial charge < -0.3 is 0 Å². The van der Waals surface area contributed by atoms with Gasteiger partial charge in [0.1, 0.15) is 0 Å². The van der Waals surface area contributed by atoms with E-state index in [1.165, 1.54) is 0 Å². The summed E-state index contributed by atoms with van der Waals surface area (Å²) in [6, 6.07) is 6.74. The van der Waals surface area contributed by atoms with E-state index in [1.807, 2.05) is 0 Å². The Labute approximate surface area is 118 Å². The molecule has 1 aromatic rings. The molecular formula is C10H5F6NO4S. The van der Waals surface area contributed by atoms with Crippen LogP contribution in [0.3, 0.4) is 0 Å². The van der Waals surface area contributed by atoms with Gasteiger partial charge in [-0.15, -0.1) is 0 Å². The standard InChI is InChI=1S/C8H5NO2.C2F6O2S/c10-7-5-3-1-2-4-6(5)8(11)9-7;3-1(4,5)11(9,10)2(6,7)8/h1-4H,(H,9,10,11);. The average Bonchev–Trinajstić information content (AvgIpc) is 2.64. The Morgan fingerprint density at radius 2 is 1.09 bits per heavy atom. The second kappa shape index (κ2) is 5.59. The Kier molecular flexibility index (Phi) is 4.56. The molecule has 0 unspecified atom stereocenters. The van der Waals surface area contributed by atoms with Crippen LogP contribution in [0, 0.1) is 0 Å². The summed E-state index contributed by atoms with van der Waals surface area (Å²) in [5.41, 5.74) is -11.6. The molecule has 12 heteroatoms. The number of hydrogen-bond acceptors (Lipinski definition) is 4. The van der Waals surface area contributed by atoms with E-state index in [-0.39, 0.29) is 11.8 Å². The zero-order chi connectivity index (χ0) is 17.3. The lowest BCUT2D eigenvalue weighted by Gasteiger charge is -2.09. The highest BCUT2D eigenvalue weighted by Gasteiger charge is 2.63. The molecule has 1 aliphatic heterocycles. The molecule has 5 nitrogen and oxygen atoms in total. The molecule has 0 saturated carbocycles. The lowest BCUT2D eigenvalue weighted by Crippen LogP contribution is -2.36. The third-order valence-electron chi connectivity index (χ3n) is 2.25. The number of nitrogens with one attached hydrogen (secondary N) is 1. The van der Waals surface area contributed by atoms with E-state index < -0.39 is 20.9 Å². The highest BCUT2D eigenvalue weighted by molar-refractivity contribution is 7.93. The van der Waals surface area contributed by atoms with Gasteiger partial charge in [-0.25, -0.2) is 8.42 Å². The van der Waals surface area contributed by atoms with E-state index in [9.17, 15) is 44.3 Å². The number of hydrogen-bond donors (Lipinski definition) is 1. The first-order valence-corrected chi connectivity index (χ1v) is 6.59. The maximum Gasteiger partial charge on any atom is 0.506 e. The number of sulfone groups is 1. The third kappa shape index (κ3) is 3.37. The first-order valence-electron chi connectivity index (χ1n) is 5.11. The minimum atomic E-state index is -7.01. The summed E-state index contributed by atoms with van der Waals surface area (Å²) in [4.78, 5) is 21.9. The van der Waals surface area contributed by atoms with Gasteiger partial charge in [0.05, 0.1) is 11.1 Å². The van der Waals surface area contributed by atoms with Crippen molar-refractivity contribution in [2.24, 2.45) is 0 Å². The van der Waals surface area contributed by atoms with Crippen LogP contribution in [0.4, 0.5) is 26.3 Å². The highest BCUT2D eigenvalue weighted by Crippen LogP contribution is 2.36. The zero-order valence-corrected chi connectivity index (χ0v) is 10.9. The Morgan fingerprint density at radius 3 is 1.32 bits per heavy atom. The molecule has 0 radical (unpaired) electrons. The van der Waals surface area contributed by atoms with Gasteiger partial charge in [-0.1, -0.05) is 12.1 Å². The van der Waals surface area contributed by atoms with Gasteiger partial charge in [0.15, 0.2) is 0 Å². The monoisotopic (exact) mass is 349 g/mol. The Balaban J connectivity index is 0.000000220. The number of carbonyl (C=O) groups excluding carboxylic acids is 2. The van der Waals surface area contributed by atoms with Crippen molar-refractivity contribution < 1.29 is 44.3 Å². The summed E-state index contributed by atoms with van der Waals surface area (Å²) in [5, 5.41) is 2.20. The minimum Gasteiger partial charge on any atom is -0.288 e. The fourth-order valence-electron chi connectivity index (χ4n) is 1.25. The minimum absolute atomic E-state index is 0.300. The summed E-state index contributed by atoms with van der Waals surface area (Å²) in [6.45, 7) is 0. The van der Waals surface area contributed by atoms with Crippen LogP contribution in [0.2, 0.25) is 0 Å². The van der Waals surface area contributed by atoms with Crippen molar-refractivity contribution >= 4 is 21.7 Å². The molecule has 0 aromatic heterocycles. The third-order valence-corrected chi connectivity index (χ3v) is 3.47. The number of carbonyl (C=O) groups is 2. The van der Waals surface area contributed by atoms with Gasteiger partial charge >= 0.3 is 20.9 Å². The van der Waals surface area contributed by atoms with E-state index >= 15 is 0 Å². The van der Waals surface area contributed by atoms with Gasteiger partial charge in [-0.3, -0.25) is 14.9 Å². The van der Waals surface area contributed by atoms with Crippen molar-refractivity contribution in [3.63, 3.8) is 0 Å². The molecule has 0 fully saturated rings.